The van der Waals surface area contributed by atoms with E-state index in [1.165, 1.54) is 9.80 Å². The van der Waals surface area contributed by atoms with Crippen molar-refractivity contribution in [1.29, 1.82) is 0 Å². The number of hydrogen-bond acceptors (Lipinski definition) is 6. The van der Waals surface area contributed by atoms with Crippen LogP contribution in [0.25, 0.3) is 0 Å². The van der Waals surface area contributed by atoms with Crippen molar-refractivity contribution in [3.8, 4) is 0 Å². The van der Waals surface area contributed by atoms with Crippen molar-refractivity contribution in [3.63, 3.8) is 0 Å². The van der Waals surface area contributed by atoms with Gasteiger partial charge in [-0.15, -0.1) is 0 Å². The van der Waals surface area contributed by atoms with Gasteiger partial charge in [-0.25, -0.2) is 0 Å². The molecule has 1 fully saturated rings. The van der Waals surface area contributed by atoms with E-state index in [4.69, 9.17) is 4.74 Å². The lowest BCUT2D eigenvalue weighted by molar-refractivity contribution is -0.164. The molecule has 1 aromatic carbocycles. The summed E-state index contributed by atoms with van der Waals surface area (Å²) in [6, 6.07) is 7.95. The number of anilines is 1. The van der Waals surface area contributed by atoms with Crippen LogP contribution in [-0.4, -0.2) is 82.3 Å². The van der Waals surface area contributed by atoms with Crippen molar-refractivity contribution in [2.75, 3.05) is 39.2 Å². The Hall–Kier alpha value is -3.24. The fourth-order valence-corrected chi connectivity index (χ4v) is 3.33. The zero-order valence-electron chi connectivity index (χ0n) is 18.0. The Morgan fingerprint density at radius 2 is 1.97 bits per heavy atom. The summed E-state index contributed by atoms with van der Waals surface area (Å²) in [6.45, 7) is 1.20. The molecule has 3 amide bonds. The lowest BCUT2D eigenvalue weighted by atomic mass is 9.99. The number of nitrogens with zero attached hydrogens (tertiary/aromatic N) is 4. The second-order valence-electron chi connectivity index (χ2n) is 7.66. The highest BCUT2D eigenvalue weighted by Gasteiger charge is 2.38. The number of ether oxygens (including phenoxy) is 1. The van der Waals surface area contributed by atoms with E-state index in [1.54, 1.807) is 56.2 Å². The number of aromatic nitrogens is 2. The fraction of sp³-hybridized carbons (Fsp3) is 0.429. The summed E-state index contributed by atoms with van der Waals surface area (Å²) >= 11 is 0. The highest BCUT2D eigenvalue weighted by Crippen LogP contribution is 2.30. The third-order valence-electron chi connectivity index (χ3n) is 5.29. The minimum Gasteiger partial charge on any atom is -0.394 e. The quantitative estimate of drug-likeness (QED) is 0.684. The fourth-order valence-electron chi connectivity index (χ4n) is 3.33. The summed E-state index contributed by atoms with van der Waals surface area (Å²) in [7, 11) is 4.98. The number of nitrogens with one attached hydrogen (secondary N) is 1. The standard InChI is InChI=1S/C21H27N5O5/c1-13-9-16(23-25(13)4)21(30)22-15-7-5-14(6-8-15)20-17(11-27)26(19(29)12-31-20)10-18(28)24(2)3/h5-9,17,20,27H,10-12H2,1-4H3,(H,22,30). The van der Waals surface area contributed by atoms with Crippen LogP contribution in [0.5, 0.6) is 0 Å². The van der Waals surface area contributed by atoms with Crippen LogP contribution in [0.4, 0.5) is 5.69 Å². The SMILES string of the molecule is Cc1cc(C(=O)Nc2ccc(C3OCC(=O)N(CC(=O)N(C)C)C3CO)cc2)nn1C. The summed E-state index contributed by atoms with van der Waals surface area (Å²) in [5.74, 6) is -0.909. The molecule has 31 heavy (non-hydrogen) atoms. The highest BCUT2D eigenvalue weighted by atomic mass is 16.5. The van der Waals surface area contributed by atoms with E-state index in [1.807, 2.05) is 6.92 Å². The molecule has 2 atom stereocenters. The average Bonchev–Trinajstić information content (AvgIpc) is 3.08. The van der Waals surface area contributed by atoms with Gasteiger partial charge in [0, 0.05) is 32.5 Å². The van der Waals surface area contributed by atoms with Crippen molar-refractivity contribution in [2.45, 2.75) is 19.1 Å². The summed E-state index contributed by atoms with van der Waals surface area (Å²) in [6.07, 6.45) is -0.596. The topological polar surface area (TPSA) is 117 Å². The molecule has 1 aliphatic heterocycles. The van der Waals surface area contributed by atoms with Gasteiger partial charge in [-0.05, 0) is 30.7 Å². The molecule has 10 nitrogen and oxygen atoms in total. The second-order valence-corrected chi connectivity index (χ2v) is 7.66. The first kappa shape index (κ1) is 22.4. The van der Waals surface area contributed by atoms with E-state index >= 15 is 0 Å². The number of aliphatic hydroxyl groups excluding tert-OH is 1. The van der Waals surface area contributed by atoms with E-state index in [0.29, 0.717) is 11.4 Å². The average molecular weight is 429 g/mol. The predicted molar refractivity (Wildman–Crippen MR) is 112 cm³/mol. The van der Waals surface area contributed by atoms with Crippen molar-refractivity contribution in [2.24, 2.45) is 7.05 Å². The van der Waals surface area contributed by atoms with Gasteiger partial charge in [0.05, 0.1) is 12.6 Å². The van der Waals surface area contributed by atoms with Gasteiger partial charge in [0.2, 0.25) is 11.8 Å². The maximum atomic E-state index is 12.4. The molecule has 2 N–H and O–H groups in total. The third-order valence-corrected chi connectivity index (χ3v) is 5.29. The number of aryl methyl sites for hydroxylation is 2. The smallest absolute Gasteiger partial charge is 0.276 e. The number of amides is 3. The Kier molecular flexibility index (Phi) is 6.71. The number of rotatable bonds is 6. The number of benzene rings is 1. The summed E-state index contributed by atoms with van der Waals surface area (Å²) in [5.41, 5.74) is 2.49. The van der Waals surface area contributed by atoms with Crippen molar-refractivity contribution >= 4 is 23.4 Å². The van der Waals surface area contributed by atoms with E-state index in [2.05, 4.69) is 10.4 Å². The van der Waals surface area contributed by atoms with E-state index in [0.717, 1.165) is 11.3 Å². The number of hydrogen-bond donors (Lipinski definition) is 2. The van der Waals surface area contributed by atoms with Crippen molar-refractivity contribution in [3.05, 3.63) is 47.3 Å². The Labute approximate surface area is 180 Å². The van der Waals surface area contributed by atoms with Crippen LogP contribution in [0.15, 0.2) is 30.3 Å². The maximum Gasteiger partial charge on any atom is 0.276 e. The van der Waals surface area contributed by atoms with Gasteiger partial charge in [0.25, 0.3) is 5.91 Å². The molecule has 3 rings (SSSR count). The first-order valence-electron chi connectivity index (χ1n) is 9.85. The Morgan fingerprint density at radius 3 is 2.52 bits per heavy atom. The van der Waals surface area contributed by atoms with E-state index < -0.39 is 12.1 Å². The first-order chi connectivity index (χ1) is 14.7. The largest absolute Gasteiger partial charge is 0.394 e. The molecule has 1 aromatic heterocycles. The van der Waals surface area contributed by atoms with Crippen LogP contribution in [0.3, 0.4) is 0 Å². The van der Waals surface area contributed by atoms with Crippen molar-refractivity contribution < 1.29 is 24.2 Å². The van der Waals surface area contributed by atoms with Crippen LogP contribution >= 0.6 is 0 Å². The van der Waals surface area contributed by atoms with Gasteiger partial charge in [0.1, 0.15) is 19.3 Å². The van der Waals surface area contributed by atoms with Crippen LogP contribution in [0, 0.1) is 6.92 Å². The molecule has 0 radical (unpaired) electrons. The zero-order valence-corrected chi connectivity index (χ0v) is 18.0. The molecule has 2 aromatic rings. The first-order valence-corrected chi connectivity index (χ1v) is 9.85. The number of carbonyl (C=O) groups excluding carboxylic acids is 3. The molecule has 0 saturated carbocycles. The van der Waals surface area contributed by atoms with E-state index in [9.17, 15) is 19.5 Å². The van der Waals surface area contributed by atoms with Gasteiger partial charge in [-0.2, -0.15) is 5.10 Å². The molecular weight excluding hydrogens is 402 g/mol. The molecule has 1 saturated heterocycles. The van der Waals surface area contributed by atoms with Crippen LogP contribution in [0.1, 0.15) is 27.8 Å². The van der Waals surface area contributed by atoms with Crippen molar-refractivity contribution in [1.82, 2.24) is 19.6 Å². The second kappa shape index (κ2) is 9.27. The maximum absolute atomic E-state index is 12.4. The molecule has 2 heterocycles. The molecule has 2 unspecified atom stereocenters. The predicted octanol–water partition coefficient (Wildman–Crippen LogP) is 0.330. The number of carbonyl (C=O) groups is 3. The van der Waals surface area contributed by atoms with Crippen LogP contribution < -0.4 is 5.32 Å². The lowest BCUT2D eigenvalue weighted by Gasteiger charge is -2.40. The van der Waals surface area contributed by atoms with Crippen LogP contribution in [0.2, 0.25) is 0 Å². The number of likely N-dealkylation sites (N-methyl/N-ethyl adjacent to an activating group) is 1. The highest BCUT2D eigenvalue weighted by molar-refractivity contribution is 6.02. The summed E-state index contributed by atoms with van der Waals surface area (Å²) in [5, 5.41) is 16.9. The normalized spacial score (nSPS) is 18.7. The molecule has 0 spiro atoms. The summed E-state index contributed by atoms with van der Waals surface area (Å²) in [4.78, 5) is 39.5. The van der Waals surface area contributed by atoms with Crippen LogP contribution in [-0.2, 0) is 21.4 Å². The van der Waals surface area contributed by atoms with Gasteiger partial charge >= 0.3 is 0 Å². The minimum absolute atomic E-state index is 0.130. The van der Waals surface area contributed by atoms with Gasteiger partial charge < -0.3 is 25.0 Å². The molecule has 0 bridgehead atoms. The Balaban J connectivity index is 1.73. The Bertz CT molecular complexity index is 950. The summed E-state index contributed by atoms with van der Waals surface area (Å²) < 4.78 is 7.31. The molecule has 0 aliphatic carbocycles. The minimum atomic E-state index is -0.693. The lowest BCUT2D eigenvalue weighted by Crippen LogP contribution is -2.55. The van der Waals surface area contributed by atoms with Gasteiger partial charge in [-0.1, -0.05) is 12.1 Å². The molecule has 166 valence electrons. The Morgan fingerprint density at radius 1 is 1.29 bits per heavy atom. The number of aliphatic hydroxyl groups is 1. The monoisotopic (exact) mass is 429 g/mol. The third kappa shape index (κ3) is 4.92. The van der Waals surface area contributed by atoms with Gasteiger partial charge in [0.15, 0.2) is 5.69 Å². The molecule has 1 aliphatic rings. The molecule has 10 heteroatoms. The van der Waals surface area contributed by atoms with E-state index in [-0.39, 0.29) is 37.5 Å². The van der Waals surface area contributed by atoms with Gasteiger partial charge in [-0.3, -0.25) is 19.1 Å². The zero-order chi connectivity index (χ0) is 22.7. The molecular formula is C21H27N5O5. The number of morpholine rings is 1.